The molecular weight excluding hydrogens is 564 g/mol. The lowest BCUT2D eigenvalue weighted by Crippen LogP contribution is -2.55. The van der Waals surface area contributed by atoms with Crippen molar-refractivity contribution in [2.24, 2.45) is 0 Å². The Morgan fingerprint density at radius 1 is 1.05 bits per heavy atom. The molecule has 0 amide bonds. The van der Waals surface area contributed by atoms with E-state index < -0.39 is 65.6 Å². The van der Waals surface area contributed by atoms with Crippen LogP contribution in [0.25, 0.3) is 22.3 Å². The van der Waals surface area contributed by atoms with E-state index in [0.717, 1.165) is 12.1 Å². The summed E-state index contributed by atoms with van der Waals surface area (Å²) >= 11 is 0. The van der Waals surface area contributed by atoms with Crippen LogP contribution in [0.3, 0.4) is 0 Å². The van der Waals surface area contributed by atoms with Crippen LogP contribution in [0.15, 0.2) is 69.9 Å². The summed E-state index contributed by atoms with van der Waals surface area (Å²) < 4.78 is 17.0. The number of fused-ring (bicyclic) bond motifs is 1. The maximum atomic E-state index is 13.0. The van der Waals surface area contributed by atoms with Crippen molar-refractivity contribution < 1.29 is 54.4 Å². The molecule has 1 saturated heterocycles. The first kappa shape index (κ1) is 31.7. The molecule has 0 saturated carbocycles. The van der Waals surface area contributed by atoms with Gasteiger partial charge in [-0.15, -0.1) is 6.58 Å². The molecule has 2 heterocycles. The van der Waals surface area contributed by atoms with Gasteiger partial charge in [0, 0.05) is 23.3 Å². The van der Waals surface area contributed by atoms with E-state index in [0.29, 0.717) is 18.4 Å². The Balaban J connectivity index is 1.65. The number of hydrogen-bond donors (Lipinski definition) is 7. The number of carbonyl (C=O) groups excluding carboxylic acids is 1. The minimum Gasteiger partial charge on any atom is -0.508 e. The number of phenols is 3. The number of allylic oxidation sites excluding steroid dienone is 1. The molecule has 3 aromatic rings. The number of aliphatic hydroxyl groups is 4. The standard InChI is InChI=1S/C31H34O12/c1-4-31(3,40)11-5-6-15(2)30(39)41-14-22-25(36)26(37)27(38)29(43-22)24-19(34)12-18(33)23-20(35)13-21(42-28(23)24)16-7-9-17(32)10-8-16/h4,6-10,12-13,22,25-27,29,32-34,36-38,40H,1,5,11,14H2,2-3H3/t22-,25+,26-,27+,29+,31-/m0/s1. The fourth-order valence-corrected chi connectivity index (χ4v) is 4.73. The van der Waals surface area contributed by atoms with Gasteiger partial charge in [-0.05, 0) is 51.0 Å². The number of benzene rings is 2. The Bertz CT molecular complexity index is 1590. The molecule has 1 aliphatic heterocycles. The molecule has 0 aliphatic carbocycles. The predicted octanol–water partition coefficient (Wildman–Crippen LogP) is 2.31. The van der Waals surface area contributed by atoms with Crippen molar-refractivity contribution in [3.8, 4) is 28.6 Å². The van der Waals surface area contributed by atoms with Crippen LogP contribution in [0, 0.1) is 0 Å². The molecule has 12 nitrogen and oxygen atoms in total. The van der Waals surface area contributed by atoms with E-state index in [1.807, 2.05) is 0 Å². The van der Waals surface area contributed by atoms with Crippen molar-refractivity contribution in [3.05, 3.63) is 76.5 Å². The second kappa shape index (κ2) is 12.6. The first-order valence-corrected chi connectivity index (χ1v) is 13.5. The maximum absolute atomic E-state index is 13.0. The third kappa shape index (κ3) is 6.74. The zero-order valence-corrected chi connectivity index (χ0v) is 23.5. The zero-order valence-electron chi connectivity index (χ0n) is 23.5. The van der Waals surface area contributed by atoms with Gasteiger partial charge in [0.2, 0.25) is 0 Å². The van der Waals surface area contributed by atoms with Crippen molar-refractivity contribution in [2.75, 3.05) is 6.61 Å². The van der Waals surface area contributed by atoms with E-state index in [1.54, 1.807) is 13.0 Å². The van der Waals surface area contributed by atoms with Gasteiger partial charge in [0.1, 0.15) is 65.5 Å². The van der Waals surface area contributed by atoms with Crippen molar-refractivity contribution in [2.45, 2.75) is 62.8 Å². The minimum atomic E-state index is -1.84. The molecule has 0 spiro atoms. The molecule has 6 atom stereocenters. The molecule has 4 rings (SSSR count). The molecule has 12 heteroatoms. The number of hydrogen-bond acceptors (Lipinski definition) is 12. The van der Waals surface area contributed by atoms with Gasteiger partial charge in [0.05, 0.1) is 11.2 Å². The number of rotatable bonds is 9. The van der Waals surface area contributed by atoms with E-state index in [9.17, 15) is 45.3 Å². The summed E-state index contributed by atoms with van der Waals surface area (Å²) in [5, 5.41) is 72.7. The van der Waals surface area contributed by atoms with Gasteiger partial charge in [-0.25, -0.2) is 4.79 Å². The van der Waals surface area contributed by atoms with E-state index in [2.05, 4.69) is 6.58 Å². The lowest BCUT2D eigenvalue weighted by Gasteiger charge is -2.40. The zero-order chi connectivity index (χ0) is 31.6. The minimum absolute atomic E-state index is 0.00280. The second-order valence-electron chi connectivity index (χ2n) is 10.7. The highest BCUT2D eigenvalue weighted by atomic mass is 16.6. The van der Waals surface area contributed by atoms with Crippen LogP contribution in [-0.2, 0) is 14.3 Å². The van der Waals surface area contributed by atoms with Crippen molar-refractivity contribution in [1.82, 2.24) is 0 Å². The Kier molecular flexibility index (Phi) is 9.28. The highest BCUT2D eigenvalue weighted by Gasteiger charge is 2.46. The van der Waals surface area contributed by atoms with Gasteiger partial charge in [0.15, 0.2) is 11.0 Å². The molecule has 1 aromatic heterocycles. The highest BCUT2D eigenvalue weighted by molar-refractivity contribution is 5.90. The number of esters is 1. The van der Waals surface area contributed by atoms with E-state index in [4.69, 9.17) is 13.9 Å². The Morgan fingerprint density at radius 2 is 1.72 bits per heavy atom. The molecule has 0 unspecified atom stereocenters. The fraction of sp³-hybridized carbons (Fsp3) is 0.355. The van der Waals surface area contributed by atoms with Gasteiger partial charge in [-0.3, -0.25) is 4.79 Å². The number of ether oxygens (including phenoxy) is 2. The summed E-state index contributed by atoms with van der Waals surface area (Å²) in [6.07, 6.45) is -4.78. The summed E-state index contributed by atoms with van der Waals surface area (Å²) in [5.41, 5.74) is -1.88. The van der Waals surface area contributed by atoms with E-state index in [-0.39, 0.29) is 33.6 Å². The molecule has 230 valence electrons. The van der Waals surface area contributed by atoms with Gasteiger partial charge in [0.25, 0.3) is 0 Å². The molecule has 2 aromatic carbocycles. The third-order valence-electron chi connectivity index (χ3n) is 7.39. The molecule has 1 aliphatic rings. The third-order valence-corrected chi connectivity index (χ3v) is 7.39. The first-order valence-electron chi connectivity index (χ1n) is 13.5. The van der Waals surface area contributed by atoms with Crippen LogP contribution >= 0.6 is 0 Å². The van der Waals surface area contributed by atoms with Crippen LogP contribution in [0.5, 0.6) is 17.2 Å². The fourth-order valence-electron chi connectivity index (χ4n) is 4.73. The van der Waals surface area contributed by atoms with E-state index in [1.165, 1.54) is 37.3 Å². The Labute approximate surface area is 246 Å². The normalized spacial score (nSPS) is 24.0. The summed E-state index contributed by atoms with van der Waals surface area (Å²) in [4.78, 5) is 25.6. The lowest BCUT2D eigenvalue weighted by atomic mass is 9.89. The van der Waals surface area contributed by atoms with Crippen LogP contribution < -0.4 is 5.43 Å². The molecular formula is C31H34O12. The molecule has 43 heavy (non-hydrogen) atoms. The topological polar surface area (TPSA) is 207 Å². The van der Waals surface area contributed by atoms with Gasteiger partial charge < -0.3 is 49.6 Å². The molecule has 1 fully saturated rings. The average molecular weight is 599 g/mol. The molecule has 0 bridgehead atoms. The number of phenolic OH excluding ortho intramolecular Hbond substituents is 3. The summed E-state index contributed by atoms with van der Waals surface area (Å²) in [6, 6.07) is 7.62. The maximum Gasteiger partial charge on any atom is 0.333 e. The second-order valence-corrected chi connectivity index (χ2v) is 10.7. The number of aliphatic hydroxyl groups excluding tert-OH is 3. The molecule has 0 radical (unpaired) electrons. The van der Waals surface area contributed by atoms with Crippen molar-refractivity contribution in [3.63, 3.8) is 0 Å². The Hall–Kier alpha value is -4.20. The van der Waals surface area contributed by atoms with Crippen LogP contribution in [-0.4, -0.2) is 78.3 Å². The summed E-state index contributed by atoms with van der Waals surface area (Å²) in [7, 11) is 0. The van der Waals surface area contributed by atoms with Gasteiger partial charge in [-0.1, -0.05) is 12.2 Å². The van der Waals surface area contributed by atoms with Crippen molar-refractivity contribution >= 4 is 16.9 Å². The largest absolute Gasteiger partial charge is 0.508 e. The van der Waals surface area contributed by atoms with E-state index >= 15 is 0 Å². The average Bonchev–Trinajstić information content (AvgIpc) is 2.96. The SMILES string of the molecule is C=C[C@](C)(O)CCC=C(C)C(=O)OC[C@@H]1O[C@H](c2c(O)cc(O)c3c(=O)cc(-c4ccc(O)cc4)oc23)[C@H](O)[C@@H](O)[C@@H]1O. The first-order chi connectivity index (χ1) is 20.2. The van der Waals surface area contributed by atoms with Crippen LogP contribution in [0.4, 0.5) is 0 Å². The number of carbonyl (C=O) groups is 1. The predicted molar refractivity (Wildman–Crippen MR) is 153 cm³/mol. The van der Waals surface area contributed by atoms with Gasteiger partial charge in [-0.2, -0.15) is 0 Å². The quantitative estimate of drug-likeness (QED) is 0.108. The highest BCUT2D eigenvalue weighted by Crippen LogP contribution is 2.43. The van der Waals surface area contributed by atoms with Crippen LogP contribution in [0.1, 0.15) is 38.4 Å². The monoisotopic (exact) mass is 598 g/mol. The molecule has 7 N–H and O–H groups in total. The summed E-state index contributed by atoms with van der Waals surface area (Å²) in [6.45, 7) is 6.06. The van der Waals surface area contributed by atoms with Crippen LogP contribution in [0.2, 0.25) is 0 Å². The Morgan fingerprint density at radius 3 is 2.37 bits per heavy atom. The number of aromatic hydroxyl groups is 3. The van der Waals surface area contributed by atoms with Gasteiger partial charge >= 0.3 is 5.97 Å². The van der Waals surface area contributed by atoms with Crippen molar-refractivity contribution in [1.29, 1.82) is 0 Å². The summed E-state index contributed by atoms with van der Waals surface area (Å²) in [5.74, 6) is -2.05. The lowest BCUT2D eigenvalue weighted by molar-refractivity contribution is -0.234. The smallest absolute Gasteiger partial charge is 0.333 e.